The van der Waals surface area contributed by atoms with Crippen molar-refractivity contribution in [3.05, 3.63) is 89.7 Å². The number of benzene rings is 3. The molecule has 0 radical (unpaired) electrons. The monoisotopic (exact) mass is 334 g/mol. The summed E-state index contributed by atoms with van der Waals surface area (Å²) >= 11 is 0. The number of carbonyl (C=O) groups excluding carboxylic acids is 1. The lowest BCUT2D eigenvalue weighted by Gasteiger charge is -2.38. The van der Waals surface area contributed by atoms with Crippen LogP contribution in [0.1, 0.15) is 22.1 Å². The standard InChI is InChI=1S/C20H15FN2O2/c21-14-8-10-15(11-9-14)23-19(13-4-3-5-16(24)12-13)22-18-7-2-1-6-17(18)20(23)25/h1-12,19,22,24H/t19-/m0/s1. The summed E-state index contributed by atoms with van der Waals surface area (Å²) in [6, 6.07) is 19.8. The number of halogens is 1. The molecule has 1 aliphatic heterocycles. The number of nitrogens with one attached hydrogen (secondary N) is 1. The molecule has 0 fully saturated rings. The maximum atomic E-state index is 13.3. The van der Waals surface area contributed by atoms with Crippen LogP contribution in [-0.4, -0.2) is 11.0 Å². The van der Waals surface area contributed by atoms with Gasteiger partial charge in [0.1, 0.15) is 17.7 Å². The Morgan fingerprint density at radius 1 is 0.960 bits per heavy atom. The van der Waals surface area contributed by atoms with Crippen LogP contribution in [0.15, 0.2) is 72.8 Å². The maximum Gasteiger partial charge on any atom is 0.262 e. The average Bonchev–Trinajstić information content (AvgIpc) is 2.63. The van der Waals surface area contributed by atoms with Gasteiger partial charge in [0.05, 0.1) is 5.56 Å². The van der Waals surface area contributed by atoms with E-state index in [1.807, 2.05) is 18.2 Å². The molecule has 4 rings (SSSR count). The molecule has 5 heteroatoms. The van der Waals surface area contributed by atoms with Crippen LogP contribution in [0.25, 0.3) is 0 Å². The van der Waals surface area contributed by atoms with Crippen LogP contribution in [0, 0.1) is 5.82 Å². The molecule has 1 amide bonds. The van der Waals surface area contributed by atoms with E-state index in [-0.39, 0.29) is 17.5 Å². The Kier molecular flexibility index (Phi) is 3.61. The number of phenolic OH excluding ortho intramolecular Hbond substituents is 1. The normalized spacial score (nSPS) is 16.3. The quantitative estimate of drug-likeness (QED) is 0.734. The van der Waals surface area contributed by atoms with E-state index in [1.54, 1.807) is 47.4 Å². The second kappa shape index (κ2) is 5.94. The summed E-state index contributed by atoms with van der Waals surface area (Å²) in [4.78, 5) is 14.7. The number of phenols is 1. The topological polar surface area (TPSA) is 52.6 Å². The third-order valence-electron chi connectivity index (χ3n) is 4.22. The van der Waals surface area contributed by atoms with Crippen LogP contribution in [0.5, 0.6) is 5.75 Å². The fourth-order valence-corrected chi connectivity index (χ4v) is 3.05. The molecule has 0 spiro atoms. The van der Waals surface area contributed by atoms with Crippen molar-refractivity contribution in [3.63, 3.8) is 0 Å². The van der Waals surface area contributed by atoms with Gasteiger partial charge < -0.3 is 10.4 Å². The van der Waals surface area contributed by atoms with Crippen LogP contribution < -0.4 is 10.2 Å². The number of hydrogen-bond donors (Lipinski definition) is 2. The SMILES string of the molecule is O=C1c2ccccc2N[C@H](c2cccc(O)c2)N1c1ccc(F)cc1. The number of para-hydroxylation sites is 1. The molecule has 0 saturated heterocycles. The van der Waals surface area contributed by atoms with Crippen molar-refractivity contribution in [2.45, 2.75) is 6.17 Å². The van der Waals surface area contributed by atoms with Gasteiger partial charge in [0.15, 0.2) is 0 Å². The molecule has 0 unspecified atom stereocenters. The summed E-state index contributed by atoms with van der Waals surface area (Å²) in [5, 5.41) is 13.2. The highest BCUT2D eigenvalue weighted by Gasteiger charge is 2.34. The number of anilines is 2. The molecule has 4 nitrogen and oxygen atoms in total. The van der Waals surface area contributed by atoms with Gasteiger partial charge in [-0.2, -0.15) is 0 Å². The van der Waals surface area contributed by atoms with Crippen molar-refractivity contribution in [2.75, 3.05) is 10.2 Å². The van der Waals surface area contributed by atoms with E-state index in [9.17, 15) is 14.3 Å². The highest BCUT2D eigenvalue weighted by atomic mass is 19.1. The zero-order valence-electron chi connectivity index (χ0n) is 13.2. The minimum absolute atomic E-state index is 0.115. The lowest BCUT2D eigenvalue weighted by Crippen LogP contribution is -2.43. The summed E-state index contributed by atoms with van der Waals surface area (Å²) in [5.74, 6) is -0.436. The molecule has 0 aliphatic carbocycles. The second-order valence-electron chi connectivity index (χ2n) is 5.84. The van der Waals surface area contributed by atoms with Gasteiger partial charge in [0, 0.05) is 11.4 Å². The highest BCUT2D eigenvalue weighted by Crippen LogP contribution is 2.37. The molecular weight excluding hydrogens is 319 g/mol. The minimum Gasteiger partial charge on any atom is -0.508 e. The maximum absolute atomic E-state index is 13.3. The molecule has 1 aliphatic rings. The molecule has 3 aromatic rings. The largest absolute Gasteiger partial charge is 0.508 e. The summed E-state index contributed by atoms with van der Waals surface area (Å²) < 4.78 is 13.3. The highest BCUT2D eigenvalue weighted by molar-refractivity contribution is 6.12. The van der Waals surface area contributed by atoms with E-state index < -0.39 is 6.17 Å². The van der Waals surface area contributed by atoms with Crippen molar-refractivity contribution < 1.29 is 14.3 Å². The fourth-order valence-electron chi connectivity index (χ4n) is 3.05. The first-order valence-electron chi connectivity index (χ1n) is 7.87. The fraction of sp³-hybridized carbons (Fsp3) is 0.0500. The van der Waals surface area contributed by atoms with E-state index in [0.717, 1.165) is 11.3 Å². The zero-order chi connectivity index (χ0) is 17.4. The number of fused-ring (bicyclic) bond motifs is 1. The minimum atomic E-state index is -0.514. The van der Waals surface area contributed by atoms with Crippen LogP contribution in [0.3, 0.4) is 0 Å². The van der Waals surface area contributed by atoms with Crippen molar-refractivity contribution in [1.82, 2.24) is 0 Å². The van der Waals surface area contributed by atoms with Crippen LogP contribution in [0.2, 0.25) is 0 Å². The van der Waals surface area contributed by atoms with E-state index in [0.29, 0.717) is 11.3 Å². The van der Waals surface area contributed by atoms with Crippen molar-refractivity contribution in [2.24, 2.45) is 0 Å². The Balaban J connectivity index is 1.87. The number of hydrogen-bond acceptors (Lipinski definition) is 3. The van der Waals surface area contributed by atoms with Crippen LogP contribution in [-0.2, 0) is 0 Å². The Hall–Kier alpha value is -3.34. The predicted octanol–water partition coefficient (Wildman–Crippen LogP) is 4.30. The van der Waals surface area contributed by atoms with Gasteiger partial charge in [-0.1, -0.05) is 24.3 Å². The molecule has 1 atom stereocenters. The van der Waals surface area contributed by atoms with E-state index in [1.165, 1.54) is 12.1 Å². The van der Waals surface area contributed by atoms with Crippen molar-refractivity contribution >= 4 is 17.3 Å². The summed E-state index contributed by atoms with van der Waals surface area (Å²) in [5.41, 5.74) is 2.57. The summed E-state index contributed by atoms with van der Waals surface area (Å²) in [6.45, 7) is 0. The molecule has 0 saturated carbocycles. The van der Waals surface area contributed by atoms with Gasteiger partial charge in [-0.25, -0.2) is 4.39 Å². The van der Waals surface area contributed by atoms with Crippen LogP contribution in [0.4, 0.5) is 15.8 Å². The van der Waals surface area contributed by atoms with E-state index in [2.05, 4.69) is 5.32 Å². The summed E-state index contributed by atoms with van der Waals surface area (Å²) in [6.07, 6.45) is -0.514. The predicted molar refractivity (Wildman–Crippen MR) is 94.1 cm³/mol. The Bertz CT molecular complexity index is 940. The Morgan fingerprint density at radius 3 is 2.48 bits per heavy atom. The molecule has 124 valence electrons. The smallest absolute Gasteiger partial charge is 0.262 e. The lowest BCUT2D eigenvalue weighted by molar-refractivity contribution is 0.0975. The number of rotatable bonds is 2. The van der Waals surface area contributed by atoms with Crippen molar-refractivity contribution in [3.8, 4) is 5.75 Å². The van der Waals surface area contributed by atoms with Crippen molar-refractivity contribution in [1.29, 1.82) is 0 Å². The molecule has 25 heavy (non-hydrogen) atoms. The molecular formula is C20H15FN2O2. The number of carbonyl (C=O) groups is 1. The van der Waals surface area contributed by atoms with Gasteiger partial charge in [0.25, 0.3) is 5.91 Å². The average molecular weight is 334 g/mol. The van der Waals surface area contributed by atoms with Gasteiger partial charge in [-0.05, 0) is 54.1 Å². The molecule has 2 N–H and O–H groups in total. The first kappa shape index (κ1) is 15.2. The molecule has 1 heterocycles. The third-order valence-corrected chi connectivity index (χ3v) is 4.22. The van der Waals surface area contributed by atoms with Gasteiger partial charge in [-0.15, -0.1) is 0 Å². The number of aromatic hydroxyl groups is 1. The number of amides is 1. The third kappa shape index (κ3) is 2.70. The van der Waals surface area contributed by atoms with Gasteiger partial charge in [-0.3, -0.25) is 9.69 Å². The molecule has 0 bridgehead atoms. The van der Waals surface area contributed by atoms with E-state index in [4.69, 9.17) is 0 Å². The van der Waals surface area contributed by atoms with Gasteiger partial charge in [0.2, 0.25) is 0 Å². The zero-order valence-corrected chi connectivity index (χ0v) is 13.2. The first-order valence-corrected chi connectivity index (χ1v) is 7.87. The van der Waals surface area contributed by atoms with Gasteiger partial charge >= 0.3 is 0 Å². The van der Waals surface area contributed by atoms with Crippen LogP contribution >= 0.6 is 0 Å². The second-order valence-corrected chi connectivity index (χ2v) is 5.84. The number of nitrogens with zero attached hydrogens (tertiary/aromatic N) is 1. The Labute approximate surface area is 144 Å². The Morgan fingerprint density at radius 2 is 1.72 bits per heavy atom. The molecule has 0 aromatic heterocycles. The summed E-state index contributed by atoms with van der Waals surface area (Å²) in [7, 11) is 0. The molecule has 3 aromatic carbocycles. The first-order chi connectivity index (χ1) is 12.1. The van der Waals surface area contributed by atoms with E-state index >= 15 is 0 Å². The lowest BCUT2D eigenvalue weighted by atomic mass is 10.0.